The third kappa shape index (κ3) is 7.48. The van der Waals surface area contributed by atoms with Crippen LogP contribution >= 0.6 is 17.2 Å². The van der Waals surface area contributed by atoms with Gasteiger partial charge in [0.15, 0.2) is 0 Å². The molecule has 4 aromatic rings. The molecule has 0 unspecified atom stereocenters. The number of halogens is 2. The molecule has 0 radical (unpaired) electrons. The number of hydrogen-bond donors (Lipinski definition) is 0. The molecule has 4 aromatic carbocycles. The quantitative estimate of drug-likeness (QED) is 0.153. The van der Waals surface area contributed by atoms with Gasteiger partial charge in [-0.3, -0.25) is 0 Å². The molecule has 0 nitrogen and oxygen atoms in total. The van der Waals surface area contributed by atoms with Crippen LogP contribution in [0.5, 0.6) is 0 Å². The standard InChI is InChI=1S/2C11H11.C2H6Ge.2ClH.Hf/c2*1-2-9-7-10-5-3-4-6-11(10)8-9;1-3-2;;;/h2*3-8H,2H2,1H3;1-2H3;2*1H;/q2*-1;;;;+2/p-2. The molecule has 0 fully saturated rings. The average molecular weight is 638 g/mol. The van der Waals surface area contributed by atoms with E-state index in [1.54, 1.807) is 0 Å². The summed E-state index contributed by atoms with van der Waals surface area (Å²) in [7, 11) is 10.6. The Morgan fingerprint density at radius 1 is 0.750 bits per heavy atom. The van der Waals surface area contributed by atoms with E-state index in [0.717, 1.165) is 12.8 Å². The van der Waals surface area contributed by atoms with Gasteiger partial charge in [-0.1, -0.05) is 26.0 Å². The minimum atomic E-state index is -1.72. The third-order valence-corrected chi connectivity index (χ3v) is 52.4. The second-order valence-corrected chi connectivity index (χ2v) is 58.9. The van der Waals surface area contributed by atoms with Crippen molar-refractivity contribution in [2.45, 2.75) is 38.2 Å². The van der Waals surface area contributed by atoms with Gasteiger partial charge in [0.1, 0.15) is 0 Å². The monoisotopic (exact) mass is 640 g/mol. The van der Waals surface area contributed by atoms with Crippen molar-refractivity contribution in [2.24, 2.45) is 0 Å². The number of benzene rings is 2. The van der Waals surface area contributed by atoms with Crippen LogP contribution < -0.4 is 0 Å². The molecule has 4 rings (SSSR count). The first-order valence-electron chi connectivity index (χ1n) is 9.71. The van der Waals surface area contributed by atoms with Crippen molar-refractivity contribution in [3.63, 3.8) is 0 Å². The first kappa shape index (κ1) is 23.9. The summed E-state index contributed by atoms with van der Waals surface area (Å²) in [4.78, 5) is 0. The molecule has 0 N–H and O–H groups in total. The van der Waals surface area contributed by atoms with Crippen molar-refractivity contribution in [3.8, 4) is 0 Å². The first-order chi connectivity index (χ1) is 13.4. The van der Waals surface area contributed by atoms with E-state index in [9.17, 15) is 0 Å². The van der Waals surface area contributed by atoms with E-state index in [-0.39, 0.29) is 0 Å². The zero-order chi connectivity index (χ0) is 20.5. The molecule has 0 bridgehead atoms. The van der Waals surface area contributed by atoms with Crippen LogP contribution in [0, 0.1) is 0 Å². The van der Waals surface area contributed by atoms with Gasteiger partial charge in [-0.15, -0.1) is 81.2 Å². The van der Waals surface area contributed by atoms with E-state index in [1.807, 2.05) is 0 Å². The predicted molar refractivity (Wildman–Crippen MR) is 127 cm³/mol. The molecule has 0 aliphatic carbocycles. The van der Waals surface area contributed by atoms with Crippen molar-refractivity contribution >= 4 is 48.8 Å². The topological polar surface area (TPSA) is 0 Å². The molecule has 0 saturated carbocycles. The molecular formula is C24H28Cl2GeHf-2. The van der Waals surface area contributed by atoms with Crippen molar-refractivity contribution in [1.29, 1.82) is 0 Å². The van der Waals surface area contributed by atoms with Crippen LogP contribution in [0.25, 0.3) is 21.5 Å². The molecule has 0 aliphatic heterocycles. The van der Waals surface area contributed by atoms with Crippen LogP contribution in [-0.4, -0.2) is 10.1 Å². The molecule has 0 aliphatic rings. The maximum absolute atomic E-state index is 5.67. The van der Waals surface area contributed by atoms with Crippen molar-refractivity contribution in [1.82, 2.24) is 0 Å². The van der Waals surface area contributed by atoms with E-state index >= 15 is 0 Å². The van der Waals surface area contributed by atoms with Gasteiger partial charge in [0.25, 0.3) is 0 Å². The van der Waals surface area contributed by atoms with Crippen LogP contribution in [-0.2, 0) is 28.8 Å². The molecule has 4 heteroatoms. The fourth-order valence-corrected chi connectivity index (χ4v) is 2.84. The molecule has 0 saturated heterocycles. The van der Waals surface area contributed by atoms with Crippen molar-refractivity contribution < 1.29 is 16.0 Å². The zero-order valence-corrected chi connectivity index (χ0v) is 24.3. The number of aryl methyl sites for hydroxylation is 2. The van der Waals surface area contributed by atoms with Gasteiger partial charge in [0, 0.05) is 0 Å². The molecule has 0 heterocycles. The third-order valence-electron chi connectivity index (χ3n) is 4.55. The van der Waals surface area contributed by atoms with Gasteiger partial charge in [-0.2, -0.15) is 12.1 Å². The van der Waals surface area contributed by atoms with Crippen LogP contribution in [0.1, 0.15) is 25.0 Å². The Morgan fingerprint density at radius 2 is 1.11 bits per heavy atom. The molecule has 0 spiro atoms. The van der Waals surface area contributed by atoms with Crippen LogP contribution in [0.15, 0.2) is 72.8 Å². The van der Waals surface area contributed by atoms with Crippen LogP contribution in [0.4, 0.5) is 0 Å². The minimum absolute atomic E-state index is 0.719. The number of hydrogen-bond acceptors (Lipinski definition) is 0. The van der Waals surface area contributed by atoms with Gasteiger partial charge in [0.2, 0.25) is 0 Å². The van der Waals surface area contributed by atoms with E-state index in [2.05, 4.69) is 98.2 Å². The Labute approximate surface area is 185 Å². The van der Waals surface area contributed by atoms with Crippen molar-refractivity contribution in [2.75, 3.05) is 0 Å². The predicted octanol–water partition coefficient (Wildman–Crippen LogP) is 8.41. The SMILES string of the molecule is CCc1cc2ccccc2[cH-]1.CCc1cc2ccccc2[cH-]1.[CH3][Ge]([CH3])=[Hf]([Cl])[Cl]. The summed E-state index contributed by atoms with van der Waals surface area (Å²) >= 11 is -1.72. The Kier molecular flexibility index (Phi) is 10.6. The molecular weight excluding hydrogens is 610 g/mol. The Balaban J connectivity index is 0.000000158. The molecule has 148 valence electrons. The van der Waals surface area contributed by atoms with E-state index < -0.39 is 26.0 Å². The first-order valence-corrected chi connectivity index (χ1v) is 33.2. The number of fused-ring (bicyclic) bond motifs is 2. The van der Waals surface area contributed by atoms with Gasteiger partial charge in [-0.05, 0) is 12.8 Å². The summed E-state index contributed by atoms with van der Waals surface area (Å²) in [6.07, 6.45) is 2.27. The van der Waals surface area contributed by atoms with Crippen LogP contribution in [0.2, 0.25) is 11.5 Å². The second kappa shape index (κ2) is 12.4. The van der Waals surface area contributed by atoms with Crippen LogP contribution in [0.3, 0.4) is 0 Å². The molecule has 0 atom stereocenters. The molecule has 0 aromatic heterocycles. The Bertz CT molecular complexity index is 885. The molecule has 28 heavy (non-hydrogen) atoms. The Morgan fingerprint density at radius 3 is 1.39 bits per heavy atom. The summed E-state index contributed by atoms with van der Waals surface area (Å²) in [6.45, 7) is 4.38. The van der Waals surface area contributed by atoms with E-state index in [4.69, 9.17) is 17.2 Å². The normalized spacial score (nSPS) is 10.1. The van der Waals surface area contributed by atoms with Crippen molar-refractivity contribution in [3.05, 3.63) is 83.9 Å². The van der Waals surface area contributed by atoms with E-state index in [0.29, 0.717) is 0 Å². The average Bonchev–Trinajstić information content (AvgIpc) is 3.32. The fraction of sp³-hybridized carbons (Fsp3) is 0.250. The maximum atomic E-state index is 5.67. The second-order valence-electron chi connectivity index (χ2n) is 6.95. The number of rotatable bonds is 2. The van der Waals surface area contributed by atoms with Gasteiger partial charge < -0.3 is 0 Å². The zero-order valence-electron chi connectivity index (χ0n) is 17.1. The fourth-order valence-electron chi connectivity index (χ4n) is 2.84. The van der Waals surface area contributed by atoms with Gasteiger partial charge in [-0.25, -0.2) is 0 Å². The summed E-state index contributed by atoms with van der Waals surface area (Å²) in [5, 5.41) is 5.46. The van der Waals surface area contributed by atoms with Gasteiger partial charge >= 0.3 is 54.7 Å². The summed E-state index contributed by atoms with van der Waals surface area (Å²) in [5.41, 5.74) is 2.87. The van der Waals surface area contributed by atoms with E-state index in [1.165, 1.54) is 32.7 Å². The Hall–Kier alpha value is -0.347. The summed E-state index contributed by atoms with van der Waals surface area (Å²) in [5.74, 6) is 4.48. The molecule has 0 amide bonds. The van der Waals surface area contributed by atoms with Gasteiger partial charge in [0.05, 0.1) is 0 Å². The summed E-state index contributed by atoms with van der Waals surface area (Å²) in [6, 6.07) is 26.0. The summed E-state index contributed by atoms with van der Waals surface area (Å²) < 4.78 is 0.